The average Bonchev–Trinajstić information content (AvgIpc) is 2.26. The number of esters is 1. The lowest BCUT2D eigenvalue weighted by Gasteiger charge is -2.12. The van der Waals surface area contributed by atoms with Gasteiger partial charge in [0.2, 0.25) is 0 Å². The van der Waals surface area contributed by atoms with Crippen molar-refractivity contribution in [3.05, 3.63) is 29.8 Å². The Morgan fingerprint density at radius 2 is 1.94 bits per heavy atom. The van der Waals surface area contributed by atoms with Crippen LogP contribution in [0.3, 0.4) is 0 Å². The predicted octanol–water partition coefficient (Wildman–Crippen LogP) is 2.65. The molecule has 0 atom stereocenters. The summed E-state index contributed by atoms with van der Waals surface area (Å²) in [5.74, 6) is -1.09. The first kappa shape index (κ1) is 13.3. The van der Waals surface area contributed by atoms with Crippen LogP contribution in [0.5, 0.6) is 5.75 Å². The number of hydrogen-bond acceptors (Lipinski definition) is 3. The van der Waals surface area contributed by atoms with Crippen LogP contribution in [0.4, 0.5) is 13.2 Å². The molecule has 0 unspecified atom stereocenters. The number of halogens is 3. The smallest absolute Gasteiger partial charge is 0.419 e. The minimum Gasteiger partial charge on any atom is -0.481 e. The number of benzene rings is 1. The Bertz CT molecular complexity index is 388. The Morgan fingerprint density at radius 1 is 1.29 bits per heavy atom. The Labute approximate surface area is 96.1 Å². The summed E-state index contributed by atoms with van der Waals surface area (Å²) in [6.07, 6.45) is -4.51. The fourth-order valence-electron chi connectivity index (χ4n) is 1.17. The van der Waals surface area contributed by atoms with Crippen molar-refractivity contribution >= 4 is 5.97 Å². The van der Waals surface area contributed by atoms with Crippen LogP contribution in [-0.2, 0) is 15.7 Å². The highest BCUT2D eigenvalue weighted by Gasteiger charge is 2.34. The van der Waals surface area contributed by atoms with E-state index in [9.17, 15) is 18.0 Å². The summed E-state index contributed by atoms with van der Waals surface area (Å²) in [5, 5.41) is 0. The number of alkyl halides is 3. The van der Waals surface area contributed by atoms with Gasteiger partial charge in [0.05, 0.1) is 12.2 Å². The lowest BCUT2D eigenvalue weighted by atomic mass is 10.2. The molecule has 1 aromatic carbocycles. The second-order valence-electron chi connectivity index (χ2n) is 3.09. The van der Waals surface area contributed by atoms with Gasteiger partial charge in [-0.15, -0.1) is 0 Å². The molecule has 0 heterocycles. The van der Waals surface area contributed by atoms with Crippen LogP contribution in [0.1, 0.15) is 12.5 Å². The monoisotopic (exact) mass is 248 g/mol. The first-order valence-electron chi connectivity index (χ1n) is 4.89. The molecule has 6 heteroatoms. The van der Waals surface area contributed by atoms with Crippen molar-refractivity contribution in [1.82, 2.24) is 0 Å². The molecule has 0 radical (unpaired) electrons. The standard InChI is InChI=1S/C11H11F3O3/c1-2-16-10(15)7-17-9-6-4-3-5-8(9)11(12,13)14/h3-6H,2,7H2,1H3. The first-order chi connectivity index (χ1) is 7.95. The van der Waals surface area contributed by atoms with Crippen molar-refractivity contribution in [1.29, 1.82) is 0 Å². The van der Waals surface area contributed by atoms with Crippen molar-refractivity contribution in [2.45, 2.75) is 13.1 Å². The third-order valence-electron chi connectivity index (χ3n) is 1.84. The maximum atomic E-state index is 12.5. The minimum atomic E-state index is -4.51. The molecule has 0 spiro atoms. The molecule has 3 nitrogen and oxygen atoms in total. The van der Waals surface area contributed by atoms with Crippen molar-refractivity contribution < 1.29 is 27.4 Å². The Kier molecular flexibility index (Phi) is 4.37. The number of carbonyl (C=O) groups is 1. The molecule has 0 aliphatic heterocycles. The molecular formula is C11H11F3O3. The average molecular weight is 248 g/mol. The van der Waals surface area contributed by atoms with Gasteiger partial charge in [0.25, 0.3) is 0 Å². The van der Waals surface area contributed by atoms with Crippen LogP contribution in [0, 0.1) is 0 Å². The zero-order valence-corrected chi connectivity index (χ0v) is 9.08. The maximum Gasteiger partial charge on any atom is 0.419 e. The van der Waals surface area contributed by atoms with E-state index in [-0.39, 0.29) is 12.4 Å². The summed E-state index contributed by atoms with van der Waals surface area (Å²) >= 11 is 0. The molecule has 0 aliphatic rings. The van der Waals surface area contributed by atoms with E-state index in [1.165, 1.54) is 12.1 Å². The van der Waals surface area contributed by atoms with Gasteiger partial charge in [-0.3, -0.25) is 0 Å². The topological polar surface area (TPSA) is 35.5 Å². The zero-order chi connectivity index (χ0) is 12.9. The van der Waals surface area contributed by atoms with E-state index in [1.807, 2.05) is 0 Å². The molecule has 94 valence electrons. The fraction of sp³-hybridized carbons (Fsp3) is 0.364. The lowest BCUT2D eigenvalue weighted by Crippen LogP contribution is -2.16. The quantitative estimate of drug-likeness (QED) is 0.768. The Hall–Kier alpha value is -1.72. The van der Waals surface area contributed by atoms with Gasteiger partial charge in [-0.05, 0) is 19.1 Å². The highest BCUT2D eigenvalue weighted by atomic mass is 19.4. The molecule has 0 fully saturated rings. The molecule has 0 N–H and O–H groups in total. The van der Waals surface area contributed by atoms with Gasteiger partial charge in [-0.25, -0.2) is 4.79 Å². The zero-order valence-electron chi connectivity index (χ0n) is 9.08. The number of rotatable bonds is 4. The highest BCUT2D eigenvalue weighted by Crippen LogP contribution is 2.35. The van der Waals surface area contributed by atoms with Crippen LogP contribution < -0.4 is 4.74 Å². The summed E-state index contributed by atoms with van der Waals surface area (Å²) < 4.78 is 46.9. The highest BCUT2D eigenvalue weighted by molar-refractivity contribution is 5.71. The third-order valence-corrected chi connectivity index (χ3v) is 1.84. The van der Waals surface area contributed by atoms with Crippen molar-refractivity contribution in [3.63, 3.8) is 0 Å². The van der Waals surface area contributed by atoms with Crippen LogP contribution in [0.2, 0.25) is 0 Å². The number of hydrogen-bond donors (Lipinski definition) is 0. The molecular weight excluding hydrogens is 237 g/mol. The second kappa shape index (κ2) is 5.56. The van der Waals surface area contributed by atoms with E-state index in [0.29, 0.717) is 0 Å². The van der Waals surface area contributed by atoms with Crippen LogP contribution in [0.25, 0.3) is 0 Å². The van der Waals surface area contributed by atoms with E-state index in [4.69, 9.17) is 4.74 Å². The molecule has 0 aromatic heterocycles. The normalized spacial score (nSPS) is 11.1. The molecule has 0 amide bonds. The van der Waals surface area contributed by atoms with E-state index in [2.05, 4.69) is 4.74 Å². The lowest BCUT2D eigenvalue weighted by molar-refractivity contribution is -0.147. The van der Waals surface area contributed by atoms with Crippen LogP contribution in [-0.4, -0.2) is 19.2 Å². The van der Waals surface area contributed by atoms with Gasteiger partial charge in [-0.2, -0.15) is 13.2 Å². The Balaban J connectivity index is 2.74. The fourth-order valence-corrected chi connectivity index (χ4v) is 1.17. The molecule has 0 saturated heterocycles. The summed E-state index contributed by atoms with van der Waals surface area (Å²) in [4.78, 5) is 10.9. The van der Waals surface area contributed by atoms with E-state index >= 15 is 0 Å². The second-order valence-corrected chi connectivity index (χ2v) is 3.09. The predicted molar refractivity (Wildman–Crippen MR) is 53.6 cm³/mol. The van der Waals surface area contributed by atoms with Gasteiger partial charge >= 0.3 is 12.1 Å². The number of carbonyl (C=O) groups excluding carboxylic acids is 1. The summed E-state index contributed by atoms with van der Waals surface area (Å²) in [7, 11) is 0. The van der Waals surface area contributed by atoms with Gasteiger partial charge in [0, 0.05) is 0 Å². The summed E-state index contributed by atoms with van der Waals surface area (Å²) in [6, 6.07) is 4.69. The Morgan fingerprint density at radius 3 is 2.53 bits per heavy atom. The van der Waals surface area contributed by atoms with Crippen molar-refractivity contribution in [2.24, 2.45) is 0 Å². The van der Waals surface area contributed by atoms with Gasteiger partial charge < -0.3 is 9.47 Å². The van der Waals surface area contributed by atoms with Gasteiger partial charge in [0.1, 0.15) is 5.75 Å². The van der Waals surface area contributed by atoms with E-state index in [0.717, 1.165) is 12.1 Å². The molecule has 0 aliphatic carbocycles. The molecule has 1 rings (SSSR count). The maximum absolute atomic E-state index is 12.5. The van der Waals surface area contributed by atoms with Crippen LogP contribution >= 0.6 is 0 Å². The molecule has 0 bridgehead atoms. The van der Waals surface area contributed by atoms with E-state index < -0.39 is 24.3 Å². The van der Waals surface area contributed by atoms with E-state index in [1.54, 1.807) is 6.92 Å². The number of para-hydroxylation sites is 1. The molecule has 0 saturated carbocycles. The van der Waals surface area contributed by atoms with Gasteiger partial charge in [0.15, 0.2) is 6.61 Å². The summed E-state index contributed by atoms with van der Waals surface area (Å²) in [5.41, 5.74) is -0.913. The number of ether oxygens (including phenoxy) is 2. The SMILES string of the molecule is CCOC(=O)COc1ccccc1C(F)(F)F. The minimum absolute atomic E-state index is 0.156. The first-order valence-corrected chi connectivity index (χ1v) is 4.89. The van der Waals surface area contributed by atoms with Crippen LogP contribution in [0.15, 0.2) is 24.3 Å². The molecule has 1 aromatic rings. The van der Waals surface area contributed by atoms with Gasteiger partial charge in [-0.1, -0.05) is 12.1 Å². The third kappa shape index (κ3) is 3.97. The molecule has 17 heavy (non-hydrogen) atoms. The van der Waals surface area contributed by atoms with Crippen molar-refractivity contribution in [2.75, 3.05) is 13.2 Å². The largest absolute Gasteiger partial charge is 0.481 e. The van der Waals surface area contributed by atoms with Crippen molar-refractivity contribution in [3.8, 4) is 5.75 Å². The summed E-state index contributed by atoms with van der Waals surface area (Å²) in [6.45, 7) is 1.21.